The Bertz CT molecular complexity index is 964. The fourth-order valence-corrected chi connectivity index (χ4v) is 4.59. The van der Waals surface area contributed by atoms with E-state index in [4.69, 9.17) is 4.74 Å². The van der Waals surface area contributed by atoms with Crippen LogP contribution in [0, 0.1) is 11.7 Å². The molecular weight excluding hydrogens is 351 g/mol. The van der Waals surface area contributed by atoms with E-state index in [0.717, 1.165) is 17.5 Å². The molecule has 1 aliphatic rings. The highest BCUT2D eigenvalue weighted by Crippen LogP contribution is 2.31. The number of fused-ring (bicyclic) bond motifs is 1. The van der Waals surface area contributed by atoms with E-state index >= 15 is 0 Å². The van der Waals surface area contributed by atoms with Gasteiger partial charge >= 0.3 is 0 Å². The molecule has 136 valence electrons. The Balaban J connectivity index is 1.59. The topological polar surface area (TPSA) is 55.0 Å². The summed E-state index contributed by atoms with van der Waals surface area (Å²) in [5, 5.41) is 2.45. The van der Waals surface area contributed by atoms with E-state index in [2.05, 4.69) is 16.9 Å². The number of aromatic amines is 1. The van der Waals surface area contributed by atoms with Crippen LogP contribution in [0.25, 0.3) is 21.3 Å². The van der Waals surface area contributed by atoms with Gasteiger partial charge in [-0.1, -0.05) is 31.9 Å². The Morgan fingerprint density at radius 2 is 2.04 bits per heavy atom. The minimum atomic E-state index is -0.295. The molecule has 0 bridgehead atoms. The molecule has 2 heterocycles. The Hall–Kier alpha value is -2.05. The van der Waals surface area contributed by atoms with E-state index in [9.17, 15) is 9.18 Å². The van der Waals surface area contributed by atoms with Crippen molar-refractivity contribution in [3.05, 3.63) is 51.6 Å². The Morgan fingerprint density at radius 3 is 2.81 bits per heavy atom. The maximum absolute atomic E-state index is 13.1. The monoisotopic (exact) mass is 372 g/mol. The molecule has 0 saturated heterocycles. The van der Waals surface area contributed by atoms with Crippen LogP contribution in [0.1, 0.15) is 38.4 Å². The van der Waals surface area contributed by atoms with Gasteiger partial charge in [0.2, 0.25) is 0 Å². The van der Waals surface area contributed by atoms with Crippen LogP contribution in [0.2, 0.25) is 0 Å². The largest absolute Gasteiger partial charge is 0.370 e. The van der Waals surface area contributed by atoms with Crippen LogP contribution >= 0.6 is 11.3 Å². The maximum Gasteiger partial charge on any atom is 0.260 e. The zero-order valence-corrected chi connectivity index (χ0v) is 15.4. The second-order valence-electron chi connectivity index (χ2n) is 6.96. The number of hydrogen-bond acceptors (Lipinski definition) is 4. The van der Waals surface area contributed by atoms with Crippen molar-refractivity contribution in [2.75, 3.05) is 0 Å². The minimum absolute atomic E-state index is 0.175. The van der Waals surface area contributed by atoms with Crippen molar-refractivity contribution in [1.82, 2.24) is 9.97 Å². The fourth-order valence-electron chi connectivity index (χ4n) is 3.62. The molecule has 3 aromatic rings. The summed E-state index contributed by atoms with van der Waals surface area (Å²) in [5.41, 5.74) is 1.42. The molecule has 1 aromatic carbocycles. The average Bonchev–Trinajstić information content (AvgIpc) is 3.06. The van der Waals surface area contributed by atoms with Crippen LogP contribution in [-0.4, -0.2) is 16.1 Å². The lowest BCUT2D eigenvalue weighted by Gasteiger charge is -2.28. The number of nitrogens with one attached hydrogen (secondary N) is 1. The van der Waals surface area contributed by atoms with Gasteiger partial charge in [-0.2, -0.15) is 0 Å². The number of thiophene rings is 1. The van der Waals surface area contributed by atoms with Crippen LogP contribution in [0.4, 0.5) is 4.39 Å². The highest BCUT2D eigenvalue weighted by atomic mass is 32.1. The van der Waals surface area contributed by atoms with Gasteiger partial charge in [0.1, 0.15) is 23.1 Å². The molecule has 1 fully saturated rings. The van der Waals surface area contributed by atoms with Gasteiger partial charge in [-0.3, -0.25) is 4.79 Å². The van der Waals surface area contributed by atoms with Gasteiger partial charge in [0.15, 0.2) is 0 Å². The summed E-state index contributed by atoms with van der Waals surface area (Å²) in [6.07, 6.45) is 4.97. The number of aromatic nitrogens is 2. The van der Waals surface area contributed by atoms with E-state index in [-0.39, 0.29) is 17.5 Å². The standard InChI is InChI=1S/C20H21FN2O2S/c1-12-4-2-3-5-16(12)25-10-17-22-19(24)18-15(11-26-20(18)23-17)13-6-8-14(21)9-7-13/h6-9,11-12,16H,2-5,10H2,1H3,(H,22,23,24). The molecule has 2 aromatic heterocycles. The van der Waals surface area contributed by atoms with Crippen molar-refractivity contribution in [2.24, 2.45) is 5.92 Å². The molecule has 4 rings (SSSR count). The van der Waals surface area contributed by atoms with Gasteiger partial charge < -0.3 is 9.72 Å². The molecule has 1 N–H and O–H groups in total. The number of H-pyrrole nitrogens is 1. The van der Waals surface area contributed by atoms with Crippen LogP contribution < -0.4 is 5.56 Å². The quantitative estimate of drug-likeness (QED) is 0.710. The average molecular weight is 372 g/mol. The van der Waals surface area contributed by atoms with Crippen molar-refractivity contribution in [3.8, 4) is 11.1 Å². The van der Waals surface area contributed by atoms with Crippen molar-refractivity contribution in [1.29, 1.82) is 0 Å². The highest BCUT2D eigenvalue weighted by Gasteiger charge is 2.22. The van der Waals surface area contributed by atoms with Gasteiger partial charge in [-0.05, 0) is 36.5 Å². The molecule has 1 saturated carbocycles. The summed E-state index contributed by atoms with van der Waals surface area (Å²) in [7, 11) is 0. The molecule has 4 nitrogen and oxygen atoms in total. The Morgan fingerprint density at radius 1 is 1.27 bits per heavy atom. The van der Waals surface area contributed by atoms with Gasteiger partial charge in [-0.25, -0.2) is 9.37 Å². The Kier molecular flexibility index (Phi) is 4.87. The molecule has 0 aliphatic heterocycles. The summed E-state index contributed by atoms with van der Waals surface area (Å²) < 4.78 is 19.2. The van der Waals surface area contributed by atoms with E-state index in [1.165, 1.54) is 42.7 Å². The number of hydrogen-bond donors (Lipinski definition) is 1. The first-order valence-electron chi connectivity index (χ1n) is 9.00. The van der Waals surface area contributed by atoms with Gasteiger partial charge in [0.05, 0.1) is 11.5 Å². The lowest BCUT2D eigenvalue weighted by Crippen LogP contribution is -2.26. The molecule has 2 atom stereocenters. The lowest BCUT2D eigenvalue weighted by molar-refractivity contribution is -0.0181. The van der Waals surface area contributed by atoms with E-state index in [0.29, 0.717) is 28.6 Å². The molecule has 1 aliphatic carbocycles. The van der Waals surface area contributed by atoms with Crippen LogP contribution in [0.5, 0.6) is 0 Å². The van der Waals surface area contributed by atoms with Crippen LogP contribution in [0.3, 0.4) is 0 Å². The predicted octanol–water partition coefficient (Wildman–Crippen LogP) is 4.89. The van der Waals surface area contributed by atoms with Crippen LogP contribution in [-0.2, 0) is 11.3 Å². The molecule has 0 amide bonds. The number of ether oxygens (including phenoxy) is 1. The fraction of sp³-hybridized carbons (Fsp3) is 0.400. The molecule has 0 radical (unpaired) electrons. The summed E-state index contributed by atoms with van der Waals surface area (Å²) in [6, 6.07) is 6.15. The number of nitrogens with zero attached hydrogens (tertiary/aromatic N) is 1. The summed E-state index contributed by atoms with van der Waals surface area (Å²) in [4.78, 5) is 20.7. The van der Waals surface area contributed by atoms with E-state index in [1.54, 1.807) is 12.1 Å². The second kappa shape index (κ2) is 7.29. The summed E-state index contributed by atoms with van der Waals surface area (Å²) in [6.45, 7) is 2.54. The van der Waals surface area contributed by atoms with Crippen LogP contribution in [0.15, 0.2) is 34.4 Å². The highest BCUT2D eigenvalue weighted by molar-refractivity contribution is 7.17. The van der Waals surface area contributed by atoms with Gasteiger partial charge in [-0.15, -0.1) is 11.3 Å². The maximum atomic E-state index is 13.1. The Labute approximate surface area is 155 Å². The SMILES string of the molecule is CC1CCCCC1OCc1nc2scc(-c3ccc(F)cc3)c2c(=O)[nH]1. The normalized spacial score (nSPS) is 20.5. The van der Waals surface area contributed by atoms with Crippen molar-refractivity contribution < 1.29 is 9.13 Å². The number of halogens is 1. The molecule has 26 heavy (non-hydrogen) atoms. The van der Waals surface area contributed by atoms with E-state index in [1.807, 2.05) is 5.38 Å². The summed E-state index contributed by atoms with van der Waals surface area (Å²) >= 11 is 1.42. The van der Waals surface area contributed by atoms with Crippen molar-refractivity contribution in [3.63, 3.8) is 0 Å². The smallest absolute Gasteiger partial charge is 0.260 e. The first-order chi connectivity index (χ1) is 12.6. The third kappa shape index (κ3) is 3.44. The molecule has 6 heteroatoms. The number of benzene rings is 1. The third-order valence-corrected chi connectivity index (χ3v) is 5.99. The van der Waals surface area contributed by atoms with E-state index < -0.39 is 0 Å². The van der Waals surface area contributed by atoms with Gasteiger partial charge in [0, 0.05) is 10.9 Å². The summed E-state index contributed by atoms with van der Waals surface area (Å²) in [5.74, 6) is 0.815. The second-order valence-corrected chi connectivity index (χ2v) is 7.82. The lowest BCUT2D eigenvalue weighted by atomic mass is 9.88. The molecular formula is C20H21FN2O2S. The molecule has 2 unspecified atom stereocenters. The zero-order chi connectivity index (χ0) is 18.1. The van der Waals surface area contributed by atoms with Crippen molar-refractivity contribution >= 4 is 21.6 Å². The first-order valence-corrected chi connectivity index (χ1v) is 9.87. The van der Waals surface area contributed by atoms with Gasteiger partial charge in [0.25, 0.3) is 5.56 Å². The predicted molar refractivity (Wildman–Crippen MR) is 102 cm³/mol. The van der Waals surface area contributed by atoms with Crippen molar-refractivity contribution in [2.45, 2.75) is 45.3 Å². The minimum Gasteiger partial charge on any atom is -0.370 e. The zero-order valence-electron chi connectivity index (χ0n) is 14.6. The first kappa shape index (κ1) is 17.4. The third-order valence-electron chi connectivity index (χ3n) is 5.12. The number of rotatable bonds is 4. The molecule has 0 spiro atoms.